The van der Waals surface area contributed by atoms with Crippen LogP contribution in [0.1, 0.15) is 20.3 Å². The van der Waals surface area contributed by atoms with Crippen LogP contribution in [0.25, 0.3) is 10.8 Å². The quantitative estimate of drug-likeness (QED) is 0.278. The summed E-state index contributed by atoms with van der Waals surface area (Å²) < 4.78 is 52.2. The minimum Gasteiger partial charge on any atom is -0.575 e. The number of H-pyrrole nitrogens is 1. The van der Waals surface area contributed by atoms with Gasteiger partial charge in [0.05, 0.1) is 6.61 Å². The smallest absolute Gasteiger partial charge is 0.395 e. The lowest BCUT2D eigenvalue weighted by Crippen LogP contribution is -2.65. The van der Waals surface area contributed by atoms with Crippen LogP contribution >= 0.6 is 8.17 Å². The van der Waals surface area contributed by atoms with Crippen LogP contribution in [0.5, 0.6) is 11.5 Å². The Balaban J connectivity index is 1.79. The zero-order valence-corrected chi connectivity index (χ0v) is 20.9. The molecule has 38 heavy (non-hydrogen) atoms. The number of aliphatic hydroxyl groups is 1. The second-order valence-corrected chi connectivity index (χ2v) is 9.48. The summed E-state index contributed by atoms with van der Waals surface area (Å²) in [5, 5.41) is 21.0. The third-order valence-corrected chi connectivity index (χ3v) is 6.85. The van der Waals surface area contributed by atoms with Crippen LogP contribution in [0.4, 0.5) is 8.78 Å². The van der Waals surface area contributed by atoms with E-state index in [1.807, 2.05) is 4.98 Å². The molecule has 1 saturated heterocycles. The molecule has 0 saturated carbocycles. The van der Waals surface area contributed by atoms with Crippen LogP contribution in [-0.2, 0) is 15.3 Å². The van der Waals surface area contributed by atoms with E-state index in [9.17, 15) is 24.4 Å². The lowest BCUT2D eigenvalue weighted by atomic mass is 9.96. The number of nitrogens with one attached hydrogen (secondary N) is 1. The number of carbonyl (C=O) groups is 1. The second kappa shape index (κ2) is 9.87. The number of carboxylic acid groups (broad SMARTS) is 1. The van der Waals surface area contributed by atoms with E-state index in [-0.39, 0.29) is 15.7 Å². The molecule has 1 unspecified atom stereocenters. The van der Waals surface area contributed by atoms with Crippen LogP contribution in [0.3, 0.4) is 0 Å². The van der Waals surface area contributed by atoms with Gasteiger partial charge in [0.25, 0.3) is 17.1 Å². The van der Waals surface area contributed by atoms with Crippen molar-refractivity contribution in [2.75, 3.05) is 6.61 Å². The molecule has 1 aliphatic rings. The summed E-state index contributed by atoms with van der Waals surface area (Å²) in [5.74, 6) is -12.3. The predicted octanol–water partition coefficient (Wildman–Crippen LogP) is 1.89. The zero-order valence-electron chi connectivity index (χ0n) is 20.0. The number of hydrogen-bond acceptors (Lipinski definition) is 9. The number of fused-ring (bicyclic) bond motifs is 1. The molecule has 4 rings (SSSR count). The molecule has 2 heterocycles. The number of benzene rings is 2. The Kier molecular flexibility index (Phi) is 7.10. The summed E-state index contributed by atoms with van der Waals surface area (Å²) in [6, 6.07) is 8.57. The lowest BCUT2D eigenvalue weighted by molar-refractivity contribution is -0.354. The number of aromatic nitrogens is 2. The maximum absolute atomic E-state index is 16.4. The molecule has 0 bridgehead atoms. The van der Waals surface area contributed by atoms with Gasteiger partial charge in [-0.1, -0.05) is 35.1 Å². The maximum Gasteiger partial charge on any atom is 0.395 e. The number of aromatic amines is 1. The molecule has 3 N–H and O–H groups in total. The SMILES string of the molecule is C[C@H](N=[P+]([O-])Oc1c(O[C@@](C)(O)[C@]2(F)OCC[C@]2(F)n2ccc(=O)[nH]c2=O)ccc2ccccc12)C(=O)O. The summed E-state index contributed by atoms with van der Waals surface area (Å²) in [4.78, 5) is 49.1. The third-order valence-electron chi connectivity index (χ3n) is 5.98. The van der Waals surface area contributed by atoms with Gasteiger partial charge in [0.15, 0.2) is 11.8 Å². The number of aliphatic carboxylic acids is 1. The van der Waals surface area contributed by atoms with Gasteiger partial charge >= 0.3 is 25.7 Å². The van der Waals surface area contributed by atoms with Gasteiger partial charge in [0, 0.05) is 31.0 Å². The van der Waals surface area contributed by atoms with Crippen molar-refractivity contribution < 1.29 is 42.7 Å². The van der Waals surface area contributed by atoms with E-state index in [0.717, 1.165) is 19.2 Å². The van der Waals surface area contributed by atoms with Crippen molar-refractivity contribution >= 4 is 24.9 Å². The number of hydrogen-bond donors (Lipinski definition) is 3. The summed E-state index contributed by atoms with van der Waals surface area (Å²) in [7, 11) is -2.99. The van der Waals surface area contributed by atoms with Gasteiger partial charge in [-0.25, -0.2) is 14.0 Å². The molecule has 15 heteroatoms. The average molecular weight is 553 g/mol. The van der Waals surface area contributed by atoms with Crippen LogP contribution in [0.15, 0.2) is 63.0 Å². The highest BCUT2D eigenvalue weighted by molar-refractivity contribution is 7.34. The Morgan fingerprint density at radius 2 is 2.00 bits per heavy atom. The molecule has 1 aromatic heterocycles. The standard InChI is InChI=1S/C23H22F2N3O9P/c1-13(19(30)31)27-38(34)37-18-15-6-4-3-5-14(15)7-8-16(18)36-21(2,33)23(25)22(24,10-12-35-23)28-11-9-17(29)26-20(28)32/h3-9,11,13,33H,10,12H2,1-2H3,(H,30,31)(H,26,29,32)/t13-,21+,22-,23-/m0/s1. The number of carboxylic acids is 1. The molecule has 3 aromatic rings. The topological polar surface area (TPSA) is 175 Å². The summed E-state index contributed by atoms with van der Waals surface area (Å²) >= 11 is 0. The Hall–Kier alpha value is -3.71. The number of rotatable bonds is 8. The van der Waals surface area contributed by atoms with Crippen molar-refractivity contribution in [1.82, 2.24) is 9.55 Å². The van der Waals surface area contributed by atoms with Crippen molar-refractivity contribution in [3.05, 3.63) is 69.5 Å². The average Bonchev–Trinajstić information content (AvgIpc) is 3.16. The normalized spacial score (nSPS) is 24.1. The number of ether oxygens (including phenoxy) is 2. The molecule has 12 nitrogen and oxygen atoms in total. The molecule has 0 amide bonds. The highest BCUT2D eigenvalue weighted by atomic mass is 31.1. The van der Waals surface area contributed by atoms with Crippen molar-refractivity contribution in [3.8, 4) is 11.5 Å². The van der Waals surface area contributed by atoms with Gasteiger partial charge in [-0.15, -0.1) is 0 Å². The molecule has 0 spiro atoms. The van der Waals surface area contributed by atoms with Crippen LogP contribution < -0.4 is 25.4 Å². The maximum atomic E-state index is 16.4. The van der Waals surface area contributed by atoms with Gasteiger partial charge in [0.2, 0.25) is 5.75 Å². The van der Waals surface area contributed by atoms with E-state index >= 15 is 8.78 Å². The number of nitrogens with zero attached hydrogens (tertiary/aromatic N) is 2. The number of halogens is 2. The molecule has 202 valence electrons. The van der Waals surface area contributed by atoms with E-state index < -0.39 is 67.6 Å². The fourth-order valence-electron chi connectivity index (χ4n) is 4.03. The van der Waals surface area contributed by atoms with Gasteiger partial charge in [-0.05, 0) is 18.4 Å². The third kappa shape index (κ3) is 4.67. The first-order valence-electron chi connectivity index (χ1n) is 11.2. The van der Waals surface area contributed by atoms with Crippen molar-refractivity contribution in [2.24, 2.45) is 4.74 Å². The first-order valence-corrected chi connectivity index (χ1v) is 12.3. The Bertz CT molecular complexity index is 1540. The van der Waals surface area contributed by atoms with E-state index in [1.54, 1.807) is 18.2 Å². The zero-order chi connectivity index (χ0) is 27.9. The monoisotopic (exact) mass is 553 g/mol. The van der Waals surface area contributed by atoms with Crippen molar-refractivity contribution in [1.29, 1.82) is 0 Å². The molecule has 5 atom stereocenters. The molecule has 1 fully saturated rings. The number of alkyl halides is 2. The van der Waals surface area contributed by atoms with Crippen molar-refractivity contribution in [3.63, 3.8) is 0 Å². The summed E-state index contributed by atoms with van der Waals surface area (Å²) in [6.07, 6.45) is -0.00552. The van der Waals surface area contributed by atoms with E-state index in [1.165, 1.54) is 25.1 Å². The van der Waals surface area contributed by atoms with Crippen LogP contribution in [0.2, 0.25) is 0 Å². The van der Waals surface area contributed by atoms with Gasteiger partial charge in [-0.3, -0.25) is 18.9 Å². The Morgan fingerprint density at radius 1 is 1.29 bits per heavy atom. The minimum absolute atomic E-state index is 0.250. The van der Waals surface area contributed by atoms with E-state index in [4.69, 9.17) is 19.1 Å². The van der Waals surface area contributed by atoms with Crippen LogP contribution in [0, 0.1) is 0 Å². The molecule has 0 radical (unpaired) electrons. The minimum atomic E-state index is -3.70. The fourth-order valence-corrected chi connectivity index (χ4v) is 4.80. The Morgan fingerprint density at radius 3 is 2.68 bits per heavy atom. The molecular formula is C23H22F2N3O9P. The Labute approximate surface area is 213 Å². The van der Waals surface area contributed by atoms with Gasteiger partial charge in [0.1, 0.15) is 0 Å². The fraction of sp³-hybridized carbons (Fsp3) is 0.348. The summed E-state index contributed by atoms with van der Waals surface area (Å²) in [5.41, 5.74) is -2.14. The first kappa shape index (κ1) is 27.3. The van der Waals surface area contributed by atoms with Crippen molar-refractivity contribution in [2.45, 2.75) is 43.7 Å². The van der Waals surface area contributed by atoms with Gasteiger partial charge in [-0.2, -0.15) is 4.39 Å². The molecule has 2 aromatic carbocycles. The molecular weight excluding hydrogens is 531 g/mol. The van der Waals surface area contributed by atoms with E-state index in [0.29, 0.717) is 5.39 Å². The first-order chi connectivity index (χ1) is 17.8. The molecule has 0 aliphatic carbocycles. The molecule has 1 aliphatic heterocycles. The lowest BCUT2D eigenvalue weighted by Gasteiger charge is -2.41. The highest BCUT2D eigenvalue weighted by Gasteiger charge is 2.72. The second-order valence-electron chi connectivity index (χ2n) is 8.59. The van der Waals surface area contributed by atoms with Crippen LogP contribution in [-0.4, -0.2) is 50.0 Å². The highest BCUT2D eigenvalue weighted by Crippen LogP contribution is 2.52. The summed E-state index contributed by atoms with van der Waals surface area (Å²) in [6.45, 7) is 1.35. The van der Waals surface area contributed by atoms with Gasteiger partial charge < -0.3 is 24.6 Å². The predicted molar refractivity (Wildman–Crippen MR) is 127 cm³/mol. The van der Waals surface area contributed by atoms with E-state index in [2.05, 4.69) is 4.74 Å². The largest absolute Gasteiger partial charge is 0.575 e.